The van der Waals surface area contributed by atoms with Gasteiger partial charge in [-0.15, -0.1) is 0 Å². The van der Waals surface area contributed by atoms with E-state index in [9.17, 15) is 4.79 Å². The Morgan fingerprint density at radius 3 is 1.42 bits per heavy atom. The molecule has 2 heteroatoms. The molecule has 0 spiro atoms. The first-order valence-corrected chi connectivity index (χ1v) is 8.64. The van der Waals surface area contributed by atoms with Crippen molar-refractivity contribution >= 4 is 5.97 Å². The summed E-state index contributed by atoms with van der Waals surface area (Å²) in [6, 6.07) is 30.5. The van der Waals surface area contributed by atoms with E-state index < -0.39 is 5.41 Å². The van der Waals surface area contributed by atoms with Crippen molar-refractivity contribution in [3.63, 3.8) is 0 Å². The van der Waals surface area contributed by atoms with Gasteiger partial charge in [0.1, 0.15) is 6.61 Å². The molecule has 0 aliphatic carbocycles. The Balaban J connectivity index is 2.21. The molecular weight excluding hydrogens is 320 g/mol. The molecule has 3 aromatic rings. The summed E-state index contributed by atoms with van der Waals surface area (Å²) in [5.74, 6) is -0.378. The smallest absolute Gasteiger partial charge is 0.333 e. The number of ether oxygens (including phenoxy) is 1. The topological polar surface area (TPSA) is 26.3 Å². The second-order valence-corrected chi connectivity index (χ2v) is 6.36. The lowest BCUT2D eigenvalue weighted by atomic mass is 9.70. The highest BCUT2D eigenvalue weighted by atomic mass is 16.5. The van der Waals surface area contributed by atoms with Gasteiger partial charge < -0.3 is 4.74 Å². The highest BCUT2D eigenvalue weighted by Crippen LogP contribution is 2.39. The first-order valence-electron chi connectivity index (χ1n) is 8.64. The first-order chi connectivity index (χ1) is 12.6. The monoisotopic (exact) mass is 342 g/mol. The van der Waals surface area contributed by atoms with Crippen LogP contribution in [0.1, 0.15) is 23.6 Å². The number of hydrogen-bond acceptors (Lipinski definition) is 2. The van der Waals surface area contributed by atoms with Crippen molar-refractivity contribution in [3.8, 4) is 0 Å². The van der Waals surface area contributed by atoms with Crippen LogP contribution >= 0.6 is 0 Å². The van der Waals surface area contributed by atoms with Crippen LogP contribution in [0.3, 0.4) is 0 Å². The van der Waals surface area contributed by atoms with Crippen molar-refractivity contribution in [2.75, 3.05) is 6.61 Å². The van der Waals surface area contributed by atoms with E-state index in [2.05, 4.69) is 43.0 Å². The van der Waals surface area contributed by atoms with Gasteiger partial charge in [-0.25, -0.2) is 4.79 Å². The second-order valence-electron chi connectivity index (χ2n) is 6.36. The second kappa shape index (κ2) is 7.83. The molecule has 0 saturated heterocycles. The van der Waals surface area contributed by atoms with Crippen LogP contribution in [0.25, 0.3) is 0 Å². The Morgan fingerprint density at radius 1 is 0.769 bits per heavy atom. The summed E-state index contributed by atoms with van der Waals surface area (Å²) in [6.07, 6.45) is 0. The van der Waals surface area contributed by atoms with Crippen molar-refractivity contribution in [1.29, 1.82) is 0 Å². The lowest BCUT2D eigenvalue weighted by molar-refractivity contribution is -0.140. The zero-order valence-electron chi connectivity index (χ0n) is 14.9. The van der Waals surface area contributed by atoms with Gasteiger partial charge in [-0.3, -0.25) is 0 Å². The number of carbonyl (C=O) groups is 1. The highest BCUT2D eigenvalue weighted by molar-refractivity contribution is 5.87. The average molecular weight is 342 g/mol. The summed E-state index contributed by atoms with van der Waals surface area (Å²) in [5, 5.41) is 0. The molecule has 3 rings (SSSR count). The summed E-state index contributed by atoms with van der Waals surface area (Å²) in [4.78, 5) is 12.2. The molecule has 0 unspecified atom stereocenters. The molecule has 0 aromatic heterocycles. The molecule has 130 valence electrons. The summed E-state index contributed by atoms with van der Waals surface area (Å²) >= 11 is 0. The van der Waals surface area contributed by atoms with Crippen LogP contribution in [0.15, 0.2) is 103 Å². The fraction of sp³-hybridized carbons (Fsp3) is 0.125. The van der Waals surface area contributed by atoms with Crippen molar-refractivity contribution in [3.05, 3.63) is 120 Å². The van der Waals surface area contributed by atoms with Gasteiger partial charge in [-0.2, -0.15) is 0 Å². The van der Waals surface area contributed by atoms with Crippen molar-refractivity contribution in [2.45, 2.75) is 12.3 Å². The fourth-order valence-corrected chi connectivity index (χ4v) is 3.22. The Bertz CT molecular complexity index is 771. The van der Waals surface area contributed by atoms with E-state index in [0.29, 0.717) is 5.57 Å². The minimum atomic E-state index is -0.588. The third kappa shape index (κ3) is 3.45. The Kier molecular flexibility index (Phi) is 5.33. The van der Waals surface area contributed by atoms with Crippen molar-refractivity contribution in [2.24, 2.45) is 0 Å². The van der Waals surface area contributed by atoms with E-state index in [1.54, 1.807) is 6.92 Å². The lowest BCUT2D eigenvalue weighted by Gasteiger charge is -2.35. The van der Waals surface area contributed by atoms with Gasteiger partial charge in [-0.05, 0) is 23.6 Å². The number of esters is 1. The van der Waals surface area contributed by atoms with E-state index in [1.807, 2.05) is 54.6 Å². The van der Waals surface area contributed by atoms with Crippen molar-refractivity contribution < 1.29 is 9.53 Å². The van der Waals surface area contributed by atoms with Crippen LogP contribution in [0.4, 0.5) is 0 Å². The molecule has 0 heterocycles. The molecule has 0 amide bonds. The molecule has 0 aliphatic heterocycles. The molecule has 0 radical (unpaired) electrons. The van der Waals surface area contributed by atoms with Gasteiger partial charge >= 0.3 is 5.97 Å². The quantitative estimate of drug-likeness (QED) is 0.352. The van der Waals surface area contributed by atoms with Gasteiger partial charge in [0.15, 0.2) is 0 Å². The number of benzene rings is 3. The average Bonchev–Trinajstić information content (AvgIpc) is 2.70. The third-order valence-corrected chi connectivity index (χ3v) is 4.57. The maximum absolute atomic E-state index is 12.2. The molecule has 0 bridgehead atoms. The summed E-state index contributed by atoms with van der Waals surface area (Å²) in [5.41, 5.74) is 3.04. The van der Waals surface area contributed by atoms with Gasteiger partial charge in [0.2, 0.25) is 0 Å². The summed E-state index contributed by atoms with van der Waals surface area (Å²) in [7, 11) is 0. The van der Waals surface area contributed by atoms with Gasteiger partial charge in [-0.1, -0.05) is 97.6 Å². The summed E-state index contributed by atoms with van der Waals surface area (Å²) < 4.78 is 5.69. The van der Waals surface area contributed by atoms with Crippen LogP contribution in [-0.2, 0) is 14.9 Å². The van der Waals surface area contributed by atoms with E-state index in [0.717, 1.165) is 16.7 Å². The van der Waals surface area contributed by atoms with Crippen molar-refractivity contribution in [1.82, 2.24) is 0 Å². The number of rotatable bonds is 6. The predicted molar refractivity (Wildman–Crippen MR) is 105 cm³/mol. The molecule has 0 fully saturated rings. The maximum atomic E-state index is 12.2. The van der Waals surface area contributed by atoms with E-state index in [4.69, 9.17) is 4.74 Å². The van der Waals surface area contributed by atoms with Crippen LogP contribution in [0.5, 0.6) is 0 Å². The number of carbonyl (C=O) groups excluding carboxylic acids is 1. The molecule has 0 saturated carbocycles. The summed E-state index contributed by atoms with van der Waals surface area (Å²) in [6.45, 7) is 5.57. The minimum Gasteiger partial charge on any atom is -0.461 e. The molecule has 26 heavy (non-hydrogen) atoms. The van der Waals surface area contributed by atoms with Gasteiger partial charge in [0.25, 0.3) is 0 Å². The van der Waals surface area contributed by atoms with Crippen LogP contribution in [-0.4, -0.2) is 12.6 Å². The molecule has 2 nitrogen and oxygen atoms in total. The number of hydrogen-bond donors (Lipinski definition) is 0. The predicted octanol–water partition coefficient (Wildman–Crippen LogP) is 5.14. The maximum Gasteiger partial charge on any atom is 0.333 e. The SMILES string of the molecule is C=C(C)C(=O)OCC(c1ccccc1)(c1ccccc1)c1ccccc1. The largest absolute Gasteiger partial charge is 0.461 e. The van der Waals surface area contributed by atoms with Gasteiger partial charge in [0, 0.05) is 5.57 Å². The van der Waals surface area contributed by atoms with E-state index >= 15 is 0 Å². The lowest BCUT2D eigenvalue weighted by Crippen LogP contribution is -2.36. The Labute approximate surface area is 154 Å². The Morgan fingerprint density at radius 2 is 1.12 bits per heavy atom. The molecule has 3 aromatic carbocycles. The van der Waals surface area contributed by atoms with E-state index in [-0.39, 0.29) is 12.6 Å². The third-order valence-electron chi connectivity index (χ3n) is 4.57. The van der Waals surface area contributed by atoms with Gasteiger partial charge in [0.05, 0.1) is 5.41 Å². The fourth-order valence-electron chi connectivity index (χ4n) is 3.22. The molecule has 0 N–H and O–H groups in total. The minimum absolute atomic E-state index is 0.205. The Hall–Kier alpha value is -3.13. The van der Waals surface area contributed by atoms with Crippen LogP contribution < -0.4 is 0 Å². The standard InChI is InChI=1S/C24H22O2/c1-19(2)23(25)26-18-24(20-12-6-3-7-13-20,21-14-8-4-9-15-21)22-16-10-5-11-17-22/h3-17H,1,18H2,2H3. The normalized spacial score (nSPS) is 11.0. The molecular formula is C24H22O2. The zero-order chi connectivity index (χ0) is 18.4. The first kappa shape index (κ1) is 17.7. The highest BCUT2D eigenvalue weighted by Gasteiger charge is 2.37. The van der Waals surface area contributed by atoms with E-state index in [1.165, 1.54) is 0 Å². The van der Waals surface area contributed by atoms with Crippen LogP contribution in [0.2, 0.25) is 0 Å². The zero-order valence-corrected chi connectivity index (χ0v) is 14.9. The van der Waals surface area contributed by atoms with Crippen LogP contribution in [0, 0.1) is 0 Å². The molecule has 0 aliphatic rings. The molecule has 0 atom stereocenters.